The predicted molar refractivity (Wildman–Crippen MR) is 154 cm³/mol. The van der Waals surface area contributed by atoms with Crippen molar-refractivity contribution in [3.8, 4) is 5.75 Å². The molecule has 1 spiro atoms. The Balaban J connectivity index is 1.53. The molecular formula is C34H25FN2O4. The van der Waals surface area contributed by atoms with Crippen LogP contribution in [0.5, 0.6) is 5.75 Å². The van der Waals surface area contributed by atoms with Gasteiger partial charge in [0.05, 0.1) is 19.1 Å². The molecular weight excluding hydrogens is 519 g/mol. The minimum atomic E-state index is -1.46. The first-order valence-corrected chi connectivity index (χ1v) is 13.4. The summed E-state index contributed by atoms with van der Waals surface area (Å²) >= 11 is 0. The lowest BCUT2D eigenvalue weighted by molar-refractivity contribution is -0.121. The second-order valence-electron chi connectivity index (χ2n) is 10.5. The Kier molecular flexibility index (Phi) is 5.64. The minimum Gasteiger partial charge on any atom is -0.494 e. The number of fused-ring (bicyclic) bond motifs is 6. The molecule has 202 valence electrons. The number of halogens is 1. The van der Waals surface area contributed by atoms with E-state index in [2.05, 4.69) is 5.32 Å². The molecule has 1 fully saturated rings. The first kappa shape index (κ1) is 25.0. The van der Waals surface area contributed by atoms with Crippen LogP contribution in [0.2, 0.25) is 0 Å². The van der Waals surface area contributed by atoms with Crippen LogP contribution in [-0.4, -0.2) is 36.7 Å². The van der Waals surface area contributed by atoms with Gasteiger partial charge >= 0.3 is 0 Å². The molecule has 7 heteroatoms. The zero-order valence-corrected chi connectivity index (χ0v) is 22.1. The summed E-state index contributed by atoms with van der Waals surface area (Å²) in [6.45, 7) is 0. The number of methoxy groups -OCH3 is 1. The average Bonchev–Trinajstić information content (AvgIpc) is 3.49. The van der Waals surface area contributed by atoms with Crippen molar-refractivity contribution in [3.63, 3.8) is 0 Å². The van der Waals surface area contributed by atoms with E-state index in [4.69, 9.17) is 4.74 Å². The van der Waals surface area contributed by atoms with Crippen LogP contribution >= 0.6 is 0 Å². The first-order valence-electron chi connectivity index (χ1n) is 13.4. The first-order chi connectivity index (χ1) is 20.0. The molecule has 7 rings (SSSR count). The number of rotatable bonds is 5. The molecule has 6 nitrogen and oxygen atoms in total. The van der Waals surface area contributed by atoms with Gasteiger partial charge in [0, 0.05) is 22.5 Å². The highest BCUT2D eigenvalue weighted by Crippen LogP contribution is 2.58. The fourth-order valence-electron chi connectivity index (χ4n) is 6.89. The van der Waals surface area contributed by atoms with Crippen molar-refractivity contribution in [2.45, 2.75) is 17.5 Å². The third-order valence-electron chi connectivity index (χ3n) is 8.59. The Labute approximate surface area is 236 Å². The highest BCUT2D eigenvalue weighted by atomic mass is 19.1. The Morgan fingerprint density at radius 2 is 1.61 bits per heavy atom. The largest absolute Gasteiger partial charge is 0.494 e. The van der Waals surface area contributed by atoms with E-state index >= 15 is 0 Å². The summed E-state index contributed by atoms with van der Waals surface area (Å²) in [4.78, 5) is 45.5. The molecule has 1 saturated heterocycles. The maximum absolute atomic E-state index is 15.0. The van der Waals surface area contributed by atoms with Crippen molar-refractivity contribution in [2.75, 3.05) is 17.3 Å². The number of carbonyl (C=O) groups excluding carboxylic acids is 3. The third-order valence-corrected chi connectivity index (χ3v) is 8.59. The van der Waals surface area contributed by atoms with Gasteiger partial charge in [-0.05, 0) is 41.5 Å². The topological polar surface area (TPSA) is 75.7 Å². The van der Waals surface area contributed by atoms with E-state index in [1.165, 1.54) is 19.2 Å². The maximum atomic E-state index is 15.0. The number of para-hydroxylation sites is 2. The molecule has 4 aromatic carbocycles. The number of ketones is 2. The van der Waals surface area contributed by atoms with Crippen molar-refractivity contribution < 1.29 is 23.5 Å². The second-order valence-corrected chi connectivity index (χ2v) is 10.5. The van der Waals surface area contributed by atoms with Crippen molar-refractivity contribution in [1.29, 1.82) is 0 Å². The van der Waals surface area contributed by atoms with Gasteiger partial charge in [-0.3, -0.25) is 14.4 Å². The van der Waals surface area contributed by atoms with Gasteiger partial charge in [0.1, 0.15) is 11.5 Å². The summed E-state index contributed by atoms with van der Waals surface area (Å²) < 4.78 is 20.0. The summed E-state index contributed by atoms with van der Waals surface area (Å²) in [5.74, 6) is -3.02. The van der Waals surface area contributed by atoms with E-state index in [1.54, 1.807) is 30.3 Å². The molecule has 0 radical (unpaired) electrons. The van der Waals surface area contributed by atoms with Crippen LogP contribution in [0.4, 0.5) is 15.8 Å². The summed E-state index contributed by atoms with van der Waals surface area (Å²) in [7, 11) is 1.35. The van der Waals surface area contributed by atoms with E-state index in [0.717, 1.165) is 17.3 Å². The number of anilines is 2. The molecule has 41 heavy (non-hydrogen) atoms. The maximum Gasteiger partial charge on any atom is 0.238 e. The van der Waals surface area contributed by atoms with Crippen LogP contribution in [0.3, 0.4) is 0 Å². The lowest BCUT2D eigenvalue weighted by Gasteiger charge is -2.37. The Bertz CT molecular complexity index is 1770. The molecule has 0 aromatic heterocycles. The van der Waals surface area contributed by atoms with Crippen LogP contribution in [0, 0.1) is 11.7 Å². The van der Waals surface area contributed by atoms with Gasteiger partial charge in [-0.15, -0.1) is 0 Å². The molecule has 0 bridgehead atoms. The van der Waals surface area contributed by atoms with E-state index in [-0.39, 0.29) is 23.0 Å². The highest BCUT2D eigenvalue weighted by Gasteiger charge is 2.70. The zero-order chi connectivity index (χ0) is 28.3. The van der Waals surface area contributed by atoms with E-state index in [1.807, 2.05) is 65.6 Å². The normalized spacial score (nSPS) is 23.5. The molecule has 0 aliphatic carbocycles. The second kappa shape index (κ2) is 9.27. The number of ether oxygens (including phenoxy) is 1. The minimum absolute atomic E-state index is 0.00201. The molecule has 3 aliphatic heterocycles. The van der Waals surface area contributed by atoms with Gasteiger partial charge < -0.3 is 15.0 Å². The fraction of sp³-hybridized carbons (Fsp3) is 0.147. The van der Waals surface area contributed by atoms with Gasteiger partial charge in [-0.1, -0.05) is 78.9 Å². The summed E-state index contributed by atoms with van der Waals surface area (Å²) in [6, 6.07) is 26.0. The number of nitrogens with one attached hydrogen (secondary N) is 1. The molecule has 4 aromatic rings. The summed E-state index contributed by atoms with van der Waals surface area (Å²) in [5, 5.41) is 3.00. The molecule has 3 aliphatic rings. The number of hydrogen-bond donors (Lipinski definition) is 1. The molecule has 4 atom stereocenters. The number of hydrogen-bond acceptors (Lipinski definition) is 5. The van der Waals surface area contributed by atoms with Gasteiger partial charge in [-0.2, -0.15) is 0 Å². The number of Topliss-reactive ketones (excluding diaryl/α,β-unsaturated/α-hetero) is 2. The third kappa shape index (κ3) is 3.45. The Hall–Kier alpha value is -5.04. The monoisotopic (exact) mass is 544 g/mol. The van der Waals surface area contributed by atoms with Crippen LogP contribution in [0.25, 0.3) is 6.08 Å². The zero-order valence-electron chi connectivity index (χ0n) is 22.1. The van der Waals surface area contributed by atoms with Crippen LogP contribution in [-0.2, 0) is 10.2 Å². The van der Waals surface area contributed by atoms with Crippen molar-refractivity contribution in [1.82, 2.24) is 0 Å². The van der Waals surface area contributed by atoms with Crippen LogP contribution in [0.1, 0.15) is 31.8 Å². The number of carbonyl (C=O) groups is 3. The van der Waals surface area contributed by atoms with Gasteiger partial charge in [0.15, 0.2) is 23.1 Å². The number of benzene rings is 4. The SMILES string of the molecule is COc1ccc(C(=O)[C@@H]2[C@H](C(=O)c3ccccc3)N3c4ccccc4C=C[C@@H]3[C@@]23C(=O)Nc2ccccc23)cc1F. The lowest BCUT2D eigenvalue weighted by Crippen LogP contribution is -2.51. The van der Waals surface area contributed by atoms with Crippen LogP contribution in [0.15, 0.2) is 103 Å². The summed E-state index contributed by atoms with van der Waals surface area (Å²) in [6.07, 6.45) is 3.85. The molecule has 1 N–H and O–H groups in total. The molecule has 1 amide bonds. The predicted octanol–water partition coefficient (Wildman–Crippen LogP) is 5.69. The number of nitrogens with zero attached hydrogens (tertiary/aromatic N) is 1. The van der Waals surface area contributed by atoms with Crippen molar-refractivity contribution in [2.24, 2.45) is 5.92 Å². The average molecular weight is 545 g/mol. The van der Waals surface area contributed by atoms with E-state index < -0.39 is 35.0 Å². The fourth-order valence-corrected chi connectivity index (χ4v) is 6.89. The molecule has 0 unspecified atom stereocenters. The molecule has 0 saturated carbocycles. The smallest absolute Gasteiger partial charge is 0.238 e. The molecule has 3 heterocycles. The quantitative estimate of drug-likeness (QED) is 0.327. The highest BCUT2D eigenvalue weighted by molar-refractivity contribution is 6.18. The van der Waals surface area contributed by atoms with E-state index in [0.29, 0.717) is 16.8 Å². The van der Waals surface area contributed by atoms with Crippen molar-refractivity contribution in [3.05, 3.63) is 131 Å². The van der Waals surface area contributed by atoms with Gasteiger partial charge in [-0.25, -0.2) is 4.39 Å². The van der Waals surface area contributed by atoms with Crippen molar-refractivity contribution >= 4 is 34.9 Å². The van der Waals surface area contributed by atoms with Gasteiger partial charge in [0.2, 0.25) is 5.91 Å². The Morgan fingerprint density at radius 1 is 0.878 bits per heavy atom. The van der Waals surface area contributed by atoms with Crippen LogP contribution < -0.4 is 15.0 Å². The standard InChI is InChI=1S/C34H25FN2O4/c1-41-27-17-15-22(19-24(27)35)31(38)29-30(32(39)21-10-3-2-4-11-21)37-26-14-8-5-9-20(26)16-18-28(37)34(29)23-12-6-7-13-25(23)36-33(34)40/h2-19,28-30H,1H3,(H,36,40)/t28-,29+,30-,34-/m1/s1. The summed E-state index contributed by atoms with van der Waals surface area (Å²) in [5.41, 5.74) is 1.89. The number of amides is 1. The lowest BCUT2D eigenvalue weighted by atomic mass is 9.64. The van der Waals surface area contributed by atoms with E-state index in [9.17, 15) is 18.8 Å². The Morgan fingerprint density at radius 3 is 2.39 bits per heavy atom. The van der Waals surface area contributed by atoms with Gasteiger partial charge in [0.25, 0.3) is 0 Å².